The number of hydrogen-bond donors (Lipinski definition) is 4. The zero-order chi connectivity index (χ0) is 27.1. The largest absolute Gasteiger partial charge is 0.469 e. The average molecular weight is 540 g/mol. The van der Waals surface area contributed by atoms with E-state index in [1.54, 1.807) is 36.4 Å². The zero-order valence-corrected chi connectivity index (χ0v) is 21.3. The van der Waals surface area contributed by atoms with Crippen molar-refractivity contribution in [2.45, 2.75) is 38.5 Å². The number of rotatable bonds is 11. The van der Waals surface area contributed by atoms with Crippen LogP contribution >= 0.6 is 11.6 Å². The van der Waals surface area contributed by atoms with E-state index in [1.165, 1.54) is 7.11 Å². The summed E-state index contributed by atoms with van der Waals surface area (Å²) in [5.74, 6) is -1.42. The van der Waals surface area contributed by atoms with Gasteiger partial charge in [0.2, 0.25) is 5.91 Å². The second-order valence-corrected chi connectivity index (χ2v) is 9.02. The van der Waals surface area contributed by atoms with Crippen LogP contribution in [0.15, 0.2) is 51.8 Å². The molecule has 0 unspecified atom stereocenters. The maximum absolute atomic E-state index is 13.1. The maximum Gasteiger partial charge on any atom is 0.439 e. The summed E-state index contributed by atoms with van der Waals surface area (Å²) >= 11 is 6.09. The smallest absolute Gasteiger partial charge is 0.439 e. The number of amides is 2. The molecule has 0 atom stereocenters. The Balaban J connectivity index is 1.41. The molecule has 2 aromatic carbocycles. The van der Waals surface area contributed by atoms with Crippen molar-refractivity contribution in [3.05, 3.63) is 63.7 Å². The Morgan fingerprint density at radius 1 is 0.974 bits per heavy atom. The number of benzene rings is 2. The number of aromatic amines is 2. The molecule has 11 nitrogen and oxygen atoms in total. The Morgan fingerprint density at radius 3 is 2.50 bits per heavy atom. The minimum atomic E-state index is -0.735. The first-order valence-corrected chi connectivity index (χ1v) is 12.4. The van der Waals surface area contributed by atoms with Crippen molar-refractivity contribution in [2.75, 3.05) is 17.7 Å². The van der Waals surface area contributed by atoms with Gasteiger partial charge in [0.25, 0.3) is 5.91 Å². The summed E-state index contributed by atoms with van der Waals surface area (Å²) in [5.41, 5.74) is 2.18. The number of H-pyrrole nitrogens is 2. The SMILES string of the molecule is COC(=O)CCCCCCC(=O)Nc1cccc2cc(C(=O)Nc3ccc(Cl)cc3-c3noc(=O)[nH]3)[nH]c12. The molecule has 0 fully saturated rings. The summed E-state index contributed by atoms with van der Waals surface area (Å²) in [4.78, 5) is 53.6. The molecule has 0 saturated carbocycles. The van der Waals surface area contributed by atoms with Gasteiger partial charge in [0, 0.05) is 28.8 Å². The molecule has 38 heavy (non-hydrogen) atoms. The van der Waals surface area contributed by atoms with Crippen LogP contribution in [0, 0.1) is 0 Å². The van der Waals surface area contributed by atoms with Crippen LogP contribution in [0.1, 0.15) is 49.0 Å². The van der Waals surface area contributed by atoms with E-state index in [-0.39, 0.29) is 23.4 Å². The summed E-state index contributed by atoms with van der Waals surface area (Å²) in [5, 5.41) is 10.5. The highest BCUT2D eigenvalue weighted by Gasteiger charge is 2.17. The normalized spacial score (nSPS) is 10.9. The molecule has 4 aromatic rings. The summed E-state index contributed by atoms with van der Waals surface area (Å²) in [7, 11) is 1.37. The van der Waals surface area contributed by atoms with Crippen molar-refractivity contribution < 1.29 is 23.6 Å². The van der Waals surface area contributed by atoms with E-state index in [1.807, 2.05) is 6.07 Å². The molecule has 2 aromatic heterocycles. The van der Waals surface area contributed by atoms with Crippen molar-refractivity contribution in [3.63, 3.8) is 0 Å². The van der Waals surface area contributed by atoms with E-state index in [0.717, 1.165) is 24.6 Å². The van der Waals surface area contributed by atoms with Crippen molar-refractivity contribution in [1.29, 1.82) is 0 Å². The van der Waals surface area contributed by atoms with Gasteiger partial charge < -0.3 is 20.4 Å². The Morgan fingerprint density at radius 2 is 1.76 bits per heavy atom. The van der Waals surface area contributed by atoms with Crippen LogP contribution < -0.4 is 16.4 Å². The molecule has 198 valence electrons. The Bertz CT molecular complexity index is 1520. The Hall–Kier alpha value is -4.38. The van der Waals surface area contributed by atoms with Crippen molar-refractivity contribution in [1.82, 2.24) is 15.1 Å². The number of unbranched alkanes of at least 4 members (excludes halogenated alkanes) is 3. The molecule has 0 aliphatic heterocycles. The number of anilines is 2. The van der Waals surface area contributed by atoms with Gasteiger partial charge in [-0.2, -0.15) is 0 Å². The van der Waals surface area contributed by atoms with Gasteiger partial charge in [-0.1, -0.05) is 41.7 Å². The van der Waals surface area contributed by atoms with Gasteiger partial charge in [0.05, 0.1) is 24.0 Å². The second-order valence-electron chi connectivity index (χ2n) is 8.58. The van der Waals surface area contributed by atoms with E-state index >= 15 is 0 Å². The molecular weight excluding hydrogens is 514 g/mol. The molecule has 0 aliphatic carbocycles. The van der Waals surface area contributed by atoms with E-state index in [9.17, 15) is 19.2 Å². The number of ether oxygens (including phenoxy) is 1. The molecule has 4 N–H and O–H groups in total. The van der Waals surface area contributed by atoms with Gasteiger partial charge in [-0.25, -0.2) is 4.79 Å². The third-order valence-corrected chi connectivity index (χ3v) is 6.10. The first kappa shape index (κ1) is 26.7. The minimum absolute atomic E-state index is 0.123. The molecule has 12 heteroatoms. The first-order valence-electron chi connectivity index (χ1n) is 12.0. The fourth-order valence-corrected chi connectivity index (χ4v) is 4.13. The highest BCUT2D eigenvalue weighted by atomic mass is 35.5. The van der Waals surface area contributed by atoms with Gasteiger partial charge in [0.1, 0.15) is 5.69 Å². The summed E-state index contributed by atoms with van der Waals surface area (Å²) in [6.45, 7) is 0. The predicted molar refractivity (Wildman–Crippen MR) is 142 cm³/mol. The number of carbonyl (C=O) groups is 3. The molecule has 0 bridgehead atoms. The molecule has 0 spiro atoms. The second kappa shape index (κ2) is 12.2. The van der Waals surface area contributed by atoms with Crippen LogP contribution in [-0.4, -0.2) is 40.0 Å². The maximum atomic E-state index is 13.1. The number of para-hydroxylation sites is 1. The van der Waals surface area contributed by atoms with E-state index in [0.29, 0.717) is 46.7 Å². The standard InChI is InChI=1S/C26H26ClN5O6/c1-37-22(34)10-5-3-2-4-9-21(33)28-19-8-6-7-15-13-20(29-23(15)19)25(35)30-18-12-11-16(27)14-17(18)24-31-26(36)38-32-24/h6-8,11-14,29H,2-5,9-10H2,1H3,(H,28,33)(H,30,35)(H,31,32,36). The van der Waals surface area contributed by atoms with Crippen molar-refractivity contribution >= 4 is 51.7 Å². The van der Waals surface area contributed by atoms with Crippen molar-refractivity contribution in [3.8, 4) is 11.4 Å². The number of hydrogen-bond acceptors (Lipinski definition) is 7. The Labute approximate surface area is 221 Å². The van der Waals surface area contributed by atoms with E-state index < -0.39 is 11.7 Å². The quantitative estimate of drug-likeness (QED) is 0.156. The van der Waals surface area contributed by atoms with Crippen LogP contribution in [0.25, 0.3) is 22.3 Å². The van der Waals surface area contributed by atoms with E-state index in [4.69, 9.17) is 11.6 Å². The third kappa shape index (κ3) is 6.68. The monoisotopic (exact) mass is 539 g/mol. The lowest BCUT2D eigenvalue weighted by atomic mass is 10.1. The van der Waals surface area contributed by atoms with Gasteiger partial charge in [0.15, 0.2) is 5.82 Å². The van der Waals surface area contributed by atoms with Crippen LogP contribution in [0.2, 0.25) is 5.02 Å². The lowest BCUT2D eigenvalue weighted by Crippen LogP contribution is -2.13. The fourth-order valence-electron chi connectivity index (χ4n) is 3.96. The molecule has 4 rings (SSSR count). The van der Waals surface area contributed by atoms with Gasteiger partial charge in [-0.15, -0.1) is 0 Å². The molecule has 0 radical (unpaired) electrons. The fraction of sp³-hybridized carbons (Fsp3) is 0.269. The summed E-state index contributed by atoms with van der Waals surface area (Å²) < 4.78 is 9.19. The molecule has 0 aliphatic rings. The lowest BCUT2D eigenvalue weighted by Gasteiger charge is -2.09. The lowest BCUT2D eigenvalue weighted by molar-refractivity contribution is -0.140. The van der Waals surface area contributed by atoms with Crippen LogP contribution in [0.4, 0.5) is 11.4 Å². The average Bonchev–Trinajstić information content (AvgIpc) is 3.54. The van der Waals surface area contributed by atoms with Gasteiger partial charge >= 0.3 is 11.7 Å². The van der Waals surface area contributed by atoms with E-state index in [2.05, 4.69) is 35.0 Å². The topological polar surface area (TPSA) is 159 Å². The number of carbonyl (C=O) groups excluding carboxylic acids is 3. The zero-order valence-electron chi connectivity index (χ0n) is 20.6. The minimum Gasteiger partial charge on any atom is -0.469 e. The molecule has 2 amide bonds. The number of fused-ring (bicyclic) bond motifs is 1. The first-order chi connectivity index (χ1) is 18.3. The predicted octanol–water partition coefficient (Wildman–Crippen LogP) is 4.87. The number of halogens is 1. The number of esters is 1. The van der Waals surface area contributed by atoms with Gasteiger partial charge in [-0.3, -0.25) is 23.9 Å². The molecular formula is C26H26ClN5O6. The highest BCUT2D eigenvalue weighted by Crippen LogP contribution is 2.29. The number of aromatic nitrogens is 3. The number of nitrogens with one attached hydrogen (secondary N) is 4. The van der Waals surface area contributed by atoms with Crippen molar-refractivity contribution in [2.24, 2.45) is 0 Å². The van der Waals surface area contributed by atoms with Crippen LogP contribution in [-0.2, 0) is 14.3 Å². The van der Waals surface area contributed by atoms with Crippen LogP contribution in [0.3, 0.4) is 0 Å². The van der Waals surface area contributed by atoms with Crippen LogP contribution in [0.5, 0.6) is 0 Å². The Kier molecular flexibility index (Phi) is 8.59. The molecule has 0 saturated heterocycles. The third-order valence-electron chi connectivity index (χ3n) is 5.86. The summed E-state index contributed by atoms with van der Waals surface area (Å²) in [6.07, 6.45) is 3.82. The number of methoxy groups -OCH3 is 1. The number of nitrogens with zero attached hydrogens (tertiary/aromatic N) is 1. The van der Waals surface area contributed by atoms with Gasteiger partial charge in [-0.05, 0) is 43.2 Å². The summed E-state index contributed by atoms with van der Waals surface area (Å²) in [6, 6.07) is 11.8. The highest BCUT2D eigenvalue weighted by molar-refractivity contribution is 6.31. The molecule has 2 heterocycles.